The quantitative estimate of drug-likeness (QED) is 0.277. The van der Waals surface area contributed by atoms with E-state index in [0.717, 1.165) is 56.0 Å². The number of carbonyl (C=O) groups excluding carboxylic acids is 1. The molecule has 0 saturated heterocycles. The van der Waals surface area contributed by atoms with Crippen molar-refractivity contribution in [2.24, 2.45) is 10.1 Å². The third kappa shape index (κ3) is 4.68. The average Bonchev–Trinajstić information content (AvgIpc) is 3.56. The summed E-state index contributed by atoms with van der Waals surface area (Å²) >= 11 is 1.12. The molecule has 0 spiro atoms. The van der Waals surface area contributed by atoms with Crippen LogP contribution in [0.25, 0.3) is 16.8 Å². The van der Waals surface area contributed by atoms with Crippen molar-refractivity contribution in [1.82, 2.24) is 5.01 Å². The number of methoxy groups -OCH3 is 2. The zero-order valence-corrected chi connectivity index (χ0v) is 21.8. The summed E-state index contributed by atoms with van der Waals surface area (Å²) in [6.07, 6.45) is 2.65. The van der Waals surface area contributed by atoms with Crippen molar-refractivity contribution < 1.29 is 14.3 Å². The highest BCUT2D eigenvalue weighted by atomic mass is 32.2. The molecule has 188 valence electrons. The molecule has 6 nitrogen and oxygen atoms in total. The normalized spacial score (nSPS) is 18.2. The van der Waals surface area contributed by atoms with Crippen molar-refractivity contribution >= 4 is 45.4 Å². The maximum atomic E-state index is 12.6. The Morgan fingerprint density at radius 1 is 0.868 bits per heavy atom. The van der Waals surface area contributed by atoms with Crippen molar-refractivity contribution in [3.8, 4) is 11.5 Å². The van der Waals surface area contributed by atoms with E-state index in [0.29, 0.717) is 12.3 Å². The predicted molar refractivity (Wildman–Crippen MR) is 154 cm³/mol. The number of hydrogen-bond donors (Lipinski definition) is 0. The maximum absolute atomic E-state index is 12.6. The van der Waals surface area contributed by atoms with Crippen LogP contribution in [0.3, 0.4) is 0 Å². The van der Waals surface area contributed by atoms with E-state index in [-0.39, 0.29) is 11.3 Å². The van der Waals surface area contributed by atoms with Gasteiger partial charge in [0.15, 0.2) is 5.84 Å². The minimum absolute atomic E-state index is 0.119. The Balaban J connectivity index is 1.41. The second-order valence-corrected chi connectivity index (χ2v) is 10.0. The fraction of sp³-hybridized carbons (Fsp3) is 0.129. The monoisotopic (exact) mass is 519 g/mol. The van der Waals surface area contributed by atoms with Crippen LogP contribution >= 0.6 is 11.8 Å². The van der Waals surface area contributed by atoms with Crippen LogP contribution < -0.4 is 9.47 Å². The number of hydrogen-bond acceptors (Lipinski definition) is 6. The molecule has 2 aliphatic rings. The van der Waals surface area contributed by atoms with Crippen LogP contribution in [0.1, 0.15) is 29.2 Å². The second-order valence-electron chi connectivity index (χ2n) is 9.03. The number of amides is 1. The summed E-state index contributed by atoms with van der Waals surface area (Å²) in [5.41, 5.74) is 4.03. The van der Waals surface area contributed by atoms with Gasteiger partial charge in [-0.3, -0.25) is 4.79 Å². The van der Waals surface area contributed by atoms with Crippen molar-refractivity contribution in [2.75, 3.05) is 14.2 Å². The van der Waals surface area contributed by atoms with E-state index in [1.165, 1.54) is 5.39 Å². The topological polar surface area (TPSA) is 63.5 Å². The molecule has 0 radical (unpaired) electrons. The minimum atomic E-state index is -0.248. The molecule has 2 aliphatic heterocycles. The van der Waals surface area contributed by atoms with Gasteiger partial charge in [0.2, 0.25) is 0 Å². The third-order valence-corrected chi connectivity index (χ3v) is 7.53. The lowest BCUT2D eigenvalue weighted by molar-refractivity contribution is 0.267. The molecule has 1 atom stereocenters. The number of nitrogens with zero attached hydrogens (tertiary/aromatic N) is 3. The number of aliphatic imine (C=N–C) groups is 1. The summed E-state index contributed by atoms with van der Waals surface area (Å²) < 4.78 is 10.7. The van der Waals surface area contributed by atoms with Crippen LogP contribution in [0.5, 0.6) is 11.5 Å². The summed E-state index contributed by atoms with van der Waals surface area (Å²) in [4.78, 5) is 17.7. The summed E-state index contributed by atoms with van der Waals surface area (Å²) in [5, 5.41) is 9.07. The molecule has 2 heterocycles. The fourth-order valence-electron chi connectivity index (χ4n) is 4.75. The maximum Gasteiger partial charge on any atom is 0.311 e. The number of ether oxygens (including phenoxy) is 2. The largest absolute Gasteiger partial charge is 0.497 e. The van der Waals surface area contributed by atoms with Gasteiger partial charge in [0.25, 0.3) is 0 Å². The van der Waals surface area contributed by atoms with E-state index in [9.17, 15) is 4.79 Å². The molecule has 38 heavy (non-hydrogen) atoms. The minimum Gasteiger partial charge on any atom is -0.497 e. The Kier molecular flexibility index (Phi) is 6.43. The van der Waals surface area contributed by atoms with Crippen molar-refractivity contribution in [3.05, 3.63) is 113 Å². The molecular weight excluding hydrogens is 494 g/mol. The van der Waals surface area contributed by atoms with Crippen molar-refractivity contribution in [2.45, 2.75) is 12.5 Å². The molecule has 0 fully saturated rings. The lowest BCUT2D eigenvalue weighted by Crippen LogP contribution is -2.26. The van der Waals surface area contributed by atoms with Gasteiger partial charge >= 0.3 is 5.24 Å². The van der Waals surface area contributed by atoms with Crippen LogP contribution in [0.4, 0.5) is 4.79 Å². The SMILES string of the molecule is COc1ccc(/C=C2\SC(=O)N=C2N2N=C(c3ccc4ccccc4c3)C[C@@H]2c2ccc(OC)cc2)cc1. The molecule has 6 rings (SSSR count). The van der Waals surface area contributed by atoms with E-state index in [2.05, 4.69) is 35.3 Å². The van der Waals surface area contributed by atoms with Crippen LogP contribution in [-0.4, -0.2) is 36.0 Å². The van der Waals surface area contributed by atoms with E-state index < -0.39 is 0 Å². The van der Waals surface area contributed by atoms with E-state index in [4.69, 9.17) is 14.6 Å². The standard InChI is InChI=1S/C31H25N3O3S/c1-36-25-13-7-20(8-14-25)17-29-30(32-31(35)38-29)34-28(22-11-15-26(37-2)16-12-22)19-27(33-34)24-10-9-21-5-3-4-6-23(21)18-24/h3-18,28H,19H2,1-2H3/b29-17-/t28-/m1/s1. The molecule has 0 aliphatic carbocycles. The average molecular weight is 520 g/mol. The van der Waals surface area contributed by atoms with Gasteiger partial charge < -0.3 is 9.47 Å². The predicted octanol–water partition coefficient (Wildman–Crippen LogP) is 7.31. The number of rotatable bonds is 5. The molecule has 4 aromatic carbocycles. The van der Waals surface area contributed by atoms with Gasteiger partial charge in [-0.2, -0.15) is 10.1 Å². The Morgan fingerprint density at radius 3 is 2.26 bits per heavy atom. The van der Waals surface area contributed by atoms with E-state index in [1.807, 2.05) is 71.7 Å². The number of carbonyl (C=O) groups is 1. The van der Waals surface area contributed by atoms with Gasteiger partial charge in [-0.05, 0) is 75.6 Å². The number of fused-ring (bicyclic) bond motifs is 1. The molecule has 7 heteroatoms. The summed E-state index contributed by atoms with van der Waals surface area (Å²) in [6.45, 7) is 0. The lowest BCUT2D eigenvalue weighted by atomic mass is 9.97. The highest BCUT2D eigenvalue weighted by molar-refractivity contribution is 8.18. The first-order chi connectivity index (χ1) is 18.6. The first kappa shape index (κ1) is 24.0. The Bertz CT molecular complexity index is 1610. The van der Waals surface area contributed by atoms with Gasteiger partial charge in [-0.25, -0.2) is 5.01 Å². The number of benzene rings is 4. The van der Waals surface area contributed by atoms with Crippen LogP contribution in [0, 0.1) is 0 Å². The Hall–Kier alpha value is -4.36. The summed E-state index contributed by atoms with van der Waals surface area (Å²) in [5.74, 6) is 2.13. The smallest absolute Gasteiger partial charge is 0.311 e. The molecule has 0 aromatic heterocycles. The molecule has 4 aromatic rings. The molecule has 0 bridgehead atoms. The Morgan fingerprint density at radius 2 is 1.55 bits per heavy atom. The highest BCUT2D eigenvalue weighted by Crippen LogP contribution is 2.40. The lowest BCUT2D eigenvalue weighted by Gasteiger charge is -2.24. The molecule has 1 amide bonds. The van der Waals surface area contributed by atoms with Gasteiger partial charge in [-0.15, -0.1) is 0 Å². The molecule has 0 N–H and O–H groups in total. The second kappa shape index (κ2) is 10.2. The summed E-state index contributed by atoms with van der Waals surface area (Å²) in [7, 11) is 3.30. The zero-order chi connectivity index (χ0) is 26.1. The third-order valence-electron chi connectivity index (χ3n) is 6.74. The molecular formula is C31H25N3O3S. The van der Waals surface area contributed by atoms with Gasteiger partial charge in [-0.1, -0.05) is 60.7 Å². The Labute approximate surface area is 225 Å². The fourth-order valence-corrected chi connectivity index (χ4v) is 5.49. The van der Waals surface area contributed by atoms with Gasteiger partial charge in [0.05, 0.1) is 30.9 Å². The van der Waals surface area contributed by atoms with E-state index in [1.54, 1.807) is 14.2 Å². The number of hydrazone groups is 1. The zero-order valence-electron chi connectivity index (χ0n) is 21.0. The first-order valence-electron chi connectivity index (χ1n) is 12.3. The number of amidine groups is 1. The van der Waals surface area contributed by atoms with Gasteiger partial charge in [0.1, 0.15) is 11.5 Å². The van der Waals surface area contributed by atoms with Crippen LogP contribution in [0.15, 0.2) is 106 Å². The van der Waals surface area contributed by atoms with E-state index >= 15 is 0 Å². The highest BCUT2D eigenvalue weighted by Gasteiger charge is 2.37. The summed E-state index contributed by atoms with van der Waals surface area (Å²) in [6, 6.07) is 30.3. The van der Waals surface area contributed by atoms with Crippen molar-refractivity contribution in [3.63, 3.8) is 0 Å². The van der Waals surface area contributed by atoms with Gasteiger partial charge in [0, 0.05) is 6.42 Å². The molecule has 0 saturated carbocycles. The van der Waals surface area contributed by atoms with Crippen LogP contribution in [-0.2, 0) is 0 Å². The first-order valence-corrected chi connectivity index (χ1v) is 13.1. The van der Waals surface area contributed by atoms with Crippen LogP contribution in [0.2, 0.25) is 0 Å². The molecule has 0 unspecified atom stereocenters. The number of thioether (sulfide) groups is 1. The van der Waals surface area contributed by atoms with Crippen molar-refractivity contribution in [1.29, 1.82) is 0 Å².